The van der Waals surface area contributed by atoms with Gasteiger partial charge in [-0.1, -0.05) is 0 Å². The minimum absolute atomic E-state index is 0.164. The van der Waals surface area contributed by atoms with E-state index in [1.54, 1.807) is 5.48 Å². The summed E-state index contributed by atoms with van der Waals surface area (Å²) in [6.07, 6.45) is 2.80. The van der Waals surface area contributed by atoms with Gasteiger partial charge in [0.15, 0.2) is 0 Å². The summed E-state index contributed by atoms with van der Waals surface area (Å²) < 4.78 is 0. The summed E-state index contributed by atoms with van der Waals surface area (Å²) in [5.74, 6) is 1.16. The van der Waals surface area contributed by atoms with E-state index in [0.717, 1.165) is 13.1 Å². The molecule has 2 aliphatic rings. The predicted molar refractivity (Wildman–Crippen MR) is 69.4 cm³/mol. The lowest BCUT2D eigenvalue weighted by Crippen LogP contribution is -2.33. The summed E-state index contributed by atoms with van der Waals surface area (Å²) in [5.41, 5.74) is 1.77. The van der Waals surface area contributed by atoms with Crippen LogP contribution in [0.5, 0.6) is 0 Å². The Hall–Kier alpha value is -1.77. The number of piperidine rings is 1. The van der Waals surface area contributed by atoms with Crippen LogP contribution >= 0.6 is 0 Å². The van der Waals surface area contributed by atoms with Crippen LogP contribution in [0.15, 0.2) is 12.4 Å². The SMILES string of the molecule is O=C(NO)c1cnc(N2CC3C(C2)C3NCCO)nc1. The van der Waals surface area contributed by atoms with Gasteiger partial charge in [0.2, 0.25) is 5.95 Å². The Balaban J connectivity index is 1.56. The third kappa shape index (κ3) is 2.33. The normalized spacial score (nSPS) is 27.3. The van der Waals surface area contributed by atoms with Crippen LogP contribution in [0.1, 0.15) is 10.4 Å². The number of carbonyl (C=O) groups excluding carboxylic acids is 1. The van der Waals surface area contributed by atoms with E-state index in [1.165, 1.54) is 12.4 Å². The number of nitrogens with zero attached hydrogens (tertiary/aromatic N) is 3. The van der Waals surface area contributed by atoms with E-state index in [4.69, 9.17) is 10.3 Å². The van der Waals surface area contributed by atoms with E-state index < -0.39 is 5.91 Å². The number of aliphatic hydroxyl groups is 1. The van der Waals surface area contributed by atoms with Gasteiger partial charge in [-0.2, -0.15) is 0 Å². The Kier molecular flexibility index (Phi) is 3.51. The first kappa shape index (κ1) is 13.2. The highest BCUT2D eigenvalue weighted by molar-refractivity contribution is 5.92. The summed E-state index contributed by atoms with van der Waals surface area (Å²) in [6, 6.07) is 0.498. The molecule has 1 aromatic rings. The average molecular weight is 279 g/mol. The van der Waals surface area contributed by atoms with Gasteiger partial charge in [0.1, 0.15) is 0 Å². The fourth-order valence-electron chi connectivity index (χ4n) is 2.89. The lowest BCUT2D eigenvalue weighted by atomic mass is 10.3. The van der Waals surface area contributed by atoms with Gasteiger partial charge in [-0.25, -0.2) is 15.4 Å². The van der Waals surface area contributed by atoms with Gasteiger partial charge in [-0.15, -0.1) is 0 Å². The zero-order valence-electron chi connectivity index (χ0n) is 10.9. The van der Waals surface area contributed by atoms with Crippen molar-refractivity contribution in [2.45, 2.75) is 6.04 Å². The van der Waals surface area contributed by atoms with E-state index in [2.05, 4.69) is 20.2 Å². The minimum atomic E-state index is -0.617. The summed E-state index contributed by atoms with van der Waals surface area (Å²) in [6.45, 7) is 2.58. The van der Waals surface area contributed by atoms with Gasteiger partial charge in [0.05, 0.1) is 12.2 Å². The van der Waals surface area contributed by atoms with E-state index in [0.29, 0.717) is 30.4 Å². The summed E-state index contributed by atoms with van der Waals surface area (Å²) in [5, 5.41) is 20.6. The molecule has 1 saturated heterocycles. The van der Waals surface area contributed by atoms with Crippen LogP contribution in [-0.4, -0.2) is 58.5 Å². The lowest BCUT2D eigenvalue weighted by Gasteiger charge is -2.19. The lowest BCUT2D eigenvalue weighted by molar-refractivity contribution is 0.0705. The smallest absolute Gasteiger partial charge is 0.277 e. The van der Waals surface area contributed by atoms with Gasteiger partial charge in [-0.05, 0) is 11.8 Å². The van der Waals surface area contributed by atoms with E-state index >= 15 is 0 Å². The Morgan fingerprint density at radius 2 is 2.00 bits per heavy atom. The maximum atomic E-state index is 11.2. The van der Waals surface area contributed by atoms with Crippen molar-refractivity contribution in [3.8, 4) is 0 Å². The molecule has 0 spiro atoms. The molecule has 0 bridgehead atoms. The maximum absolute atomic E-state index is 11.2. The summed E-state index contributed by atoms with van der Waals surface area (Å²) in [7, 11) is 0. The molecule has 0 aromatic carbocycles. The molecule has 0 radical (unpaired) electrons. The molecular weight excluding hydrogens is 262 g/mol. The number of anilines is 1. The molecule has 2 atom stereocenters. The van der Waals surface area contributed by atoms with Crippen LogP contribution in [-0.2, 0) is 0 Å². The first-order valence-electron chi connectivity index (χ1n) is 6.60. The number of aromatic nitrogens is 2. The average Bonchev–Trinajstić information content (AvgIpc) is 2.94. The molecule has 4 N–H and O–H groups in total. The Labute approximate surface area is 115 Å². The van der Waals surface area contributed by atoms with Crippen molar-refractivity contribution in [2.24, 2.45) is 11.8 Å². The quantitative estimate of drug-likeness (QED) is 0.388. The van der Waals surface area contributed by atoms with E-state index in [-0.39, 0.29) is 12.2 Å². The molecule has 108 valence electrons. The molecule has 2 unspecified atom stereocenters. The second kappa shape index (κ2) is 5.31. The van der Waals surface area contributed by atoms with E-state index in [1.807, 2.05) is 0 Å². The highest BCUT2D eigenvalue weighted by Crippen LogP contribution is 2.46. The molecular formula is C12H17N5O3. The largest absolute Gasteiger partial charge is 0.395 e. The predicted octanol–water partition coefficient (Wildman–Crippen LogP) is -1.39. The number of amides is 1. The molecule has 1 saturated carbocycles. The molecule has 3 rings (SSSR count). The van der Waals surface area contributed by atoms with Crippen molar-refractivity contribution < 1.29 is 15.1 Å². The van der Waals surface area contributed by atoms with Crippen LogP contribution in [0.4, 0.5) is 5.95 Å². The molecule has 8 heteroatoms. The fourth-order valence-corrected chi connectivity index (χ4v) is 2.89. The second-order valence-electron chi connectivity index (χ2n) is 5.15. The van der Waals surface area contributed by atoms with Crippen LogP contribution in [0.2, 0.25) is 0 Å². The number of hydrogen-bond donors (Lipinski definition) is 4. The molecule has 2 fully saturated rings. The van der Waals surface area contributed by atoms with Crippen molar-refractivity contribution in [3.05, 3.63) is 18.0 Å². The first-order valence-corrected chi connectivity index (χ1v) is 6.60. The number of carbonyl (C=O) groups is 1. The molecule has 1 aliphatic heterocycles. The third-order valence-corrected chi connectivity index (χ3v) is 3.97. The Morgan fingerprint density at radius 1 is 1.35 bits per heavy atom. The molecule has 8 nitrogen and oxygen atoms in total. The highest BCUT2D eigenvalue weighted by atomic mass is 16.5. The molecule has 1 aromatic heterocycles. The van der Waals surface area contributed by atoms with Gasteiger partial charge in [0.25, 0.3) is 5.91 Å². The zero-order chi connectivity index (χ0) is 14.1. The summed E-state index contributed by atoms with van der Waals surface area (Å²) in [4.78, 5) is 21.6. The molecule has 2 heterocycles. The highest BCUT2D eigenvalue weighted by Gasteiger charge is 2.55. The standard InChI is InChI=1S/C12H17N5O3/c18-2-1-13-10-8-5-17(6-9(8)10)12-14-3-7(4-15-12)11(19)16-20/h3-4,8-10,13,18,20H,1-2,5-6H2,(H,16,19). The van der Waals surface area contributed by atoms with Crippen LogP contribution in [0, 0.1) is 11.8 Å². The number of hydroxylamine groups is 1. The first-order chi connectivity index (χ1) is 9.74. The third-order valence-electron chi connectivity index (χ3n) is 3.97. The zero-order valence-corrected chi connectivity index (χ0v) is 10.9. The molecule has 1 aliphatic carbocycles. The van der Waals surface area contributed by atoms with Crippen LogP contribution in [0.25, 0.3) is 0 Å². The second-order valence-corrected chi connectivity index (χ2v) is 5.15. The van der Waals surface area contributed by atoms with Crippen molar-refractivity contribution in [1.82, 2.24) is 20.8 Å². The Bertz CT molecular complexity index is 482. The minimum Gasteiger partial charge on any atom is -0.395 e. The maximum Gasteiger partial charge on any atom is 0.277 e. The number of hydrogen-bond acceptors (Lipinski definition) is 7. The molecule has 1 amide bonds. The Morgan fingerprint density at radius 3 is 2.55 bits per heavy atom. The topological polar surface area (TPSA) is 111 Å². The van der Waals surface area contributed by atoms with Gasteiger partial charge < -0.3 is 15.3 Å². The van der Waals surface area contributed by atoms with Crippen molar-refractivity contribution in [2.75, 3.05) is 31.1 Å². The fraction of sp³-hybridized carbons (Fsp3) is 0.583. The van der Waals surface area contributed by atoms with Gasteiger partial charge in [0, 0.05) is 38.1 Å². The van der Waals surface area contributed by atoms with Crippen LogP contribution in [0.3, 0.4) is 0 Å². The van der Waals surface area contributed by atoms with Crippen molar-refractivity contribution >= 4 is 11.9 Å². The molecule has 20 heavy (non-hydrogen) atoms. The monoisotopic (exact) mass is 279 g/mol. The summed E-state index contributed by atoms with van der Waals surface area (Å²) >= 11 is 0. The number of nitrogens with one attached hydrogen (secondary N) is 2. The number of aliphatic hydroxyl groups excluding tert-OH is 1. The van der Waals surface area contributed by atoms with Gasteiger partial charge in [-0.3, -0.25) is 10.0 Å². The van der Waals surface area contributed by atoms with Crippen molar-refractivity contribution in [1.29, 1.82) is 0 Å². The van der Waals surface area contributed by atoms with Crippen LogP contribution < -0.4 is 15.7 Å². The number of fused-ring (bicyclic) bond motifs is 1. The van der Waals surface area contributed by atoms with E-state index in [9.17, 15) is 4.79 Å². The van der Waals surface area contributed by atoms with Gasteiger partial charge >= 0.3 is 0 Å². The van der Waals surface area contributed by atoms with Crippen molar-refractivity contribution in [3.63, 3.8) is 0 Å². The number of rotatable bonds is 5.